The predicted molar refractivity (Wildman–Crippen MR) is 60.3 cm³/mol. The highest BCUT2D eigenvalue weighted by Gasteiger charge is 2.38. The molecule has 1 rings (SSSR count). The maximum atomic E-state index is 11.0. The molecule has 4 nitrogen and oxygen atoms in total. The van der Waals surface area contributed by atoms with Gasteiger partial charge in [0.15, 0.2) is 0 Å². The molecule has 1 saturated heterocycles. The summed E-state index contributed by atoms with van der Waals surface area (Å²) in [4.78, 5) is 12.9. The highest BCUT2D eigenvalue weighted by atomic mass is 35.6. The van der Waals surface area contributed by atoms with Crippen molar-refractivity contribution in [1.82, 2.24) is 10.2 Å². The van der Waals surface area contributed by atoms with E-state index < -0.39 is 9.96 Å². The average molecular weight is 276 g/mol. The molecule has 1 fully saturated rings. The molecule has 0 aromatic heterocycles. The van der Waals surface area contributed by atoms with Crippen molar-refractivity contribution in [3.8, 4) is 0 Å². The van der Waals surface area contributed by atoms with Gasteiger partial charge in [-0.25, -0.2) is 0 Å². The Morgan fingerprint density at radius 1 is 1.40 bits per heavy atom. The van der Waals surface area contributed by atoms with Crippen LogP contribution in [0, 0.1) is 0 Å². The average Bonchev–Trinajstić information content (AvgIpc) is 2.14. The molecule has 1 atom stereocenters. The molecule has 0 aromatic rings. The number of amides is 1. The van der Waals surface area contributed by atoms with Crippen molar-refractivity contribution in [3.05, 3.63) is 0 Å². The van der Waals surface area contributed by atoms with Crippen LogP contribution in [-0.2, 0) is 9.53 Å². The number of halogens is 3. The fourth-order valence-electron chi connectivity index (χ4n) is 1.41. The topological polar surface area (TPSA) is 41.6 Å². The van der Waals surface area contributed by atoms with Gasteiger partial charge in [-0.2, -0.15) is 0 Å². The summed E-state index contributed by atoms with van der Waals surface area (Å²) in [6.07, 6.45) is -0.608. The minimum atomic E-state index is -1.54. The zero-order chi connectivity index (χ0) is 11.5. The maximum Gasteiger partial charge on any atom is 0.223 e. The van der Waals surface area contributed by atoms with Crippen molar-refractivity contribution < 1.29 is 9.53 Å². The van der Waals surface area contributed by atoms with Crippen LogP contribution in [0.2, 0.25) is 0 Å². The zero-order valence-electron chi connectivity index (χ0n) is 8.30. The fourth-order valence-corrected chi connectivity index (χ4v) is 1.99. The van der Waals surface area contributed by atoms with E-state index in [9.17, 15) is 4.79 Å². The summed E-state index contributed by atoms with van der Waals surface area (Å²) >= 11 is 17.4. The Bertz CT molecular complexity index is 226. The van der Waals surface area contributed by atoms with Gasteiger partial charge in [-0.1, -0.05) is 34.8 Å². The molecule has 0 saturated carbocycles. The van der Waals surface area contributed by atoms with Crippen LogP contribution in [0.15, 0.2) is 0 Å². The zero-order valence-corrected chi connectivity index (χ0v) is 10.6. The third-order valence-corrected chi connectivity index (χ3v) is 2.68. The second kappa shape index (κ2) is 5.55. The number of hydrogen-bond acceptors (Lipinski definition) is 3. The molecule has 88 valence electrons. The van der Waals surface area contributed by atoms with Gasteiger partial charge < -0.3 is 10.1 Å². The van der Waals surface area contributed by atoms with E-state index in [4.69, 9.17) is 39.5 Å². The molecule has 1 unspecified atom stereocenters. The third-order valence-electron chi connectivity index (χ3n) is 2.06. The van der Waals surface area contributed by atoms with Crippen LogP contribution in [0.4, 0.5) is 0 Å². The van der Waals surface area contributed by atoms with E-state index in [2.05, 4.69) is 5.32 Å². The largest absolute Gasteiger partial charge is 0.379 e. The smallest absolute Gasteiger partial charge is 0.223 e. The number of hydrogen-bond donors (Lipinski definition) is 1. The predicted octanol–water partition coefficient (Wildman–Crippen LogP) is 1.15. The van der Waals surface area contributed by atoms with Crippen LogP contribution in [0.25, 0.3) is 0 Å². The lowest BCUT2D eigenvalue weighted by Crippen LogP contribution is -2.57. The molecular weight excluding hydrogens is 262 g/mol. The first-order chi connectivity index (χ1) is 6.91. The van der Waals surface area contributed by atoms with E-state index in [0.29, 0.717) is 26.3 Å². The quantitative estimate of drug-likeness (QED) is 0.769. The Labute approximate surface area is 104 Å². The summed E-state index contributed by atoms with van der Waals surface area (Å²) in [7, 11) is 0. The fraction of sp³-hybridized carbons (Fsp3) is 0.875. The Morgan fingerprint density at radius 2 is 1.93 bits per heavy atom. The molecule has 15 heavy (non-hydrogen) atoms. The first kappa shape index (κ1) is 13.3. The number of alkyl halides is 3. The Hall–Kier alpha value is 0.260. The van der Waals surface area contributed by atoms with Crippen molar-refractivity contribution in [3.63, 3.8) is 0 Å². The Balaban J connectivity index is 2.66. The standard InChI is InChI=1S/C8H13Cl3N2O2/c1-6(14)12-7(8(9,10)11)13-2-4-15-5-3-13/h7H,2-5H2,1H3,(H,12,14). The van der Waals surface area contributed by atoms with Crippen molar-refractivity contribution in [2.45, 2.75) is 16.9 Å². The van der Waals surface area contributed by atoms with E-state index in [-0.39, 0.29) is 5.91 Å². The highest BCUT2D eigenvalue weighted by Crippen LogP contribution is 2.32. The summed E-state index contributed by atoms with van der Waals surface area (Å²) in [6, 6.07) is 0. The van der Waals surface area contributed by atoms with Crippen LogP contribution in [0.5, 0.6) is 0 Å². The number of carbonyl (C=O) groups excluding carboxylic acids is 1. The van der Waals surface area contributed by atoms with Gasteiger partial charge in [0.25, 0.3) is 0 Å². The molecule has 1 aliphatic rings. The molecule has 1 amide bonds. The molecule has 0 bridgehead atoms. The lowest BCUT2D eigenvalue weighted by molar-refractivity contribution is -0.121. The Kier molecular flexibility index (Phi) is 4.93. The maximum absolute atomic E-state index is 11.0. The third kappa shape index (κ3) is 4.33. The van der Waals surface area contributed by atoms with Crippen LogP contribution in [0.3, 0.4) is 0 Å². The summed E-state index contributed by atoms with van der Waals surface area (Å²) in [5, 5.41) is 2.63. The van der Waals surface area contributed by atoms with Gasteiger partial charge in [0.05, 0.1) is 13.2 Å². The second-order valence-electron chi connectivity index (χ2n) is 3.29. The van der Waals surface area contributed by atoms with Crippen LogP contribution >= 0.6 is 34.8 Å². The number of nitrogens with zero attached hydrogens (tertiary/aromatic N) is 1. The molecule has 7 heteroatoms. The lowest BCUT2D eigenvalue weighted by Gasteiger charge is -2.38. The molecule has 0 radical (unpaired) electrons. The molecule has 1 heterocycles. The number of ether oxygens (including phenoxy) is 1. The van der Waals surface area contributed by atoms with E-state index in [1.54, 1.807) is 0 Å². The van der Waals surface area contributed by atoms with E-state index in [1.165, 1.54) is 6.92 Å². The van der Waals surface area contributed by atoms with E-state index in [1.807, 2.05) is 4.90 Å². The van der Waals surface area contributed by atoms with Crippen molar-refractivity contribution in [2.75, 3.05) is 26.3 Å². The number of morpholine rings is 1. The summed E-state index contributed by atoms with van der Waals surface area (Å²) in [5.74, 6) is -0.224. The summed E-state index contributed by atoms with van der Waals surface area (Å²) < 4.78 is 3.65. The SMILES string of the molecule is CC(=O)NC(N1CCOCC1)C(Cl)(Cl)Cl. The minimum absolute atomic E-state index is 0.224. The van der Waals surface area contributed by atoms with Gasteiger partial charge in [-0.3, -0.25) is 9.69 Å². The van der Waals surface area contributed by atoms with E-state index >= 15 is 0 Å². The Morgan fingerprint density at radius 3 is 2.33 bits per heavy atom. The van der Waals surface area contributed by atoms with Crippen LogP contribution < -0.4 is 5.32 Å². The first-order valence-electron chi connectivity index (χ1n) is 4.57. The van der Waals surface area contributed by atoms with Crippen molar-refractivity contribution in [1.29, 1.82) is 0 Å². The second-order valence-corrected chi connectivity index (χ2v) is 5.66. The van der Waals surface area contributed by atoms with Gasteiger partial charge in [-0.05, 0) is 0 Å². The van der Waals surface area contributed by atoms with Gasteiger partial charge in [0.2, 0.25) is 9.70 Å². The first-order valence-corrected chi connectivity index (χ1v) is 5.70. The lowest BCUT2D eigenvalue weighted by atomic mass is 10.3. The normalized spacial score (nSPS) is 21.1. The van der Waals surface area contributed by atoms with E-state index in [0.717, 1.165) is 0 Å². The molecule has 0 spiro atoms. The van der Waals surface area contributed by atoms with Gasteiger partial charge in [0.1, 0.15) is 6.17 Å². The van der Waals surface area contributed by atoms with Crippen LogP contribution in [-0.4, -0.2) is 47.1 Å². The summed E-state index contributed by atoms with van der Waals surface area (Å²) in [6.45, 7) is 3.83. The molecule has 0 aromatic carbocycles. The van der Waals surface area contributed by atoms with Crippen molar-refractivity contribution in [2.24, 2.45) is 0 Å². The van der Waals surface area contributed by atoms with Gasteiger partial charge in [-0.15, -0.1) is 0 Å². The number of carbonyl (C=O) groups is 1. The molecule has 0 aliphatic carbocycles. The number of nitrogens with one attached hydrogen (secondary N) is 1. The number of rotatable bonds is 2. The van der Waals surface area contributed by atoms with Gasteiger partial charge >= 0.3 is 0 Å². The highest BCUT2D eigenvalue weighted by molar-refractivity contribution is 6.68. The van der Waals surface area contributed by atoms with Crippen LogP contribution in [0.1, 0.15) is 6.92 Å². The monoisotopic (exact) mass is 274 g/mol. The van der Waals surface area contributed by atoms with Gasteiger partial charge in [0, 0.05) is 20.0 Å². The van der Waals surface area contributed by atoms with Crippen molar-refractivity contribution >= 4 is 40.7 Å². The minimum Gasteiger partial charge on any atom is -0.379 e. The molecular formula is C8H13Cl3N2O2. The molecule has 1 N–H and O–H groups in total. The summed E-state index contributed by atoms with van der Waals surface area (Å²) in [5.41, 5.74) is 0. The molecule has 1 aliphatic heterocycles.